The molecule has 82 valence electrons. The molecule has 2 heterocycles. The van der Waals surface area contributed by atoms with E-state index in [9.17, 15) is 9.18 Å². The molecular formula is C11H10FN3O. The zero-order chi connectivity index (χ0) is 11.5. The van der Waals surface area contributed by atoms with Crippen LogP contribution in [0.1, 0.15) is 0 Å². The van der Waals surface area contributed by atoms with E-state index in [1.807, 2.05) is 0 Å². The second-order valence-corrected chi connectivity index (χ2v) is 3.16. The Morgan fingerprint density at radius 1 is 1.38 bits per heavy atom. The quantitative estimate of drug-likeness (QED) is 0.830. The van der Waals surface area contributed by atoms with Crippen LogP contribution in [0.4, 0.5) is 10.1 Å². The van der Waals surface area contributed by atoms with E-state index in [4.69, 9.17) is 0 Å². The summed E-state index contributed by atoms with van der Waals surface area (Å²) in [6, 6.07) is 6.02. The van der Waals surface area contributed by atoms with Gasteiger partial charge in [-0.1, -0.05) is 0 Å². The Morgan fingerprint density at radius 3 is 2.88 bits per heavy atom. The number of hydrogen-bond acceptors (Lipinski definition) is 3. The minimum atomic E-state index is -0.530. The highest BCUT2D eigenvalue weighted by molar-refractivity contribution is 5.42. The van der Waals surface area contributed by atoms with Crippen LogP contribution in [0, 0.1) is 5.82 Å². The van der Waals surface area contributed by atoms with E-state index in [0.29, 0.717) is 5.69 Å². The molecule has 0 spiro atoms. The number of hydrogen-bond donors (Lipinski definition) is 1. The van der Waals surface area contributed by atoms with Gasteiger partial charge in [0.1, 0.15) is 5.69 Å². The lowest BCUT2D eigenvalue weighted by Gasteiger charge is -2.07. The van der Waals surface area contributed by atoms with Gasteiger partial charge in [-0.15, -0.1) is 0 Å². The van der Waals surface area contributed by atoms with Gasteiger partial charge in [-0.2, -0.15) is 0 Å². The summed E-state index contributed by atoms with van der Waals surface area (Å²) in [5, 5.41) is 2.74. The van der Waals surface area contributed by atoms with Gasteiger partial charge in [-0.05, 0) is 24.3 Å². The first-order valence-corrected chi connectivity index (χ1v) is 4.74. The van der Waals surface area contributed by atoms with Crippen molar-refractivity contribution in [3.05, 3.63) is 52.8 Å². The summed E-state index contributed by atoms with van der Waals surface area (Å²) in [5.74, 6) is -0.526. The largest absolute Gasteiger partial charge is 0.384 e. The van der Waals surface area contributed by atoms with Crippen molar-refractivity contribution in [1.82, 2.24) is 9.55 Å². The van der Waals surface area contributed by atoms with E-state index >= 15 is 0 Å². The Morgan fingerprint density at radius 2 is 2.19 bits per heavy atom. The van der Waals surface area contributed by atoms with Gasteiger partial charge in [0.15, 0.2) is 11.6 Å². The van der Waals surface area contributed by atoms with Gasteiger partial charge in [0.25, 0.3) is 5.56 Å². The summed E-state index contributed by atoms with van der Waals surface area (Å²) in [4.78, 5) is 15.7. The minimum Gasteiger partial charge on any atom is -0.384 e. The molecule has 0 saturated carbocycles. The number of anilines is 1. The molecule has 4 nitrogen and oxygen atoms in total. The molecule has 0 aliphatic carbocycles. The second kappa shape index (κ2) is 4.14. The van der Waals surface area contributed by atoms with Gasteiger partial charge < -0.3 is 5.32 Å². The van der Waals surface area contributed by atoms with Gasteiger partial charge in [-0.25, -0.2) is 9.37 Å². The molecule has 5 heteroatoms. The van der Waals surface area contributed by atoms with Crippen molar-refractivity contribution in [2.75, 3.05) is 12.4 Å². The number of rotatable bonds is 2. The van der Waals surface area contributed by atoms with Gasteiger partial charge in [0, 0.05) is 19.4 Å². The SMILES string of the molecule is CNc1cccn(-c2ncccc2F)c1=O. The fourth-order valence-corrected chi connectivity index (χ4v) is 1.41. The smallest absolute Gasteiger partial charge is 0.279 e. The van der Waals surface area contributed by atoms with Gasteiger partial charge in [0.2, 0.25) is 0 Å². The molecule has 2 aromatic rings. The van der Waals surface area contributed by atoms with Crippen LogP contribution in [0.3, 0.4) is 0 Å². The van der Waals surface area contributed by atoms with Gasteiger partial charge in [0.05, 0.1) is 0 Å². The topological polar surface area (TPSA) is 46.9 Å². The van der Waals surface area contributed by atoms with E-state index in [-0.39, 0.29) is 11.4 Å². The Labute approximate surface area is 91.4 Å². The molecule has 2 aromatic heterocycles. The molecule has 0 amide bonds. The van der Waals surface area contributed by atoms with E-state index < -0.39 is 5.82 Å². The monoisotopic (exact) mass is 219 g/mol. The van der Waals surface area contributed by atoms with Crippen LogP contribution in [-0.4, -0.2) is 16.6 Å². The average molecular weight is 219 g/mol. The molecule has 0 aromatic carbocycles. The molecule has 0 saturated heterocycles. The maximum Gasteiger partial charge on any atom is 0.279 e. The first-order valence-electron chi connectivity index (χ1n) is 4.74. The number of halogens is 1. The van der Waals surface area contributed by atoms with E-state index in [1.165, 1.54) is 29.1 Å². The van der Waals surface area contributed by atoms with Crippen molar-refractivity contribution in [3.63, 3.8) is 0 Å². The molecule has 16 heavy (non-hydrogen) atoms. The lowest BCUT2D eigenvalue weighted by molar-refractivity contribution is 0.607. The van der Waals surface area contributed by atoms with Crippen molar-refractivity contribution in [2.24, 2.45) is 0 Å². The van der Waals surface area contributed by atoms with Crippen LogP contribution < -0.4 is 10.9 Å². The fourth-order valence-electron chi connectivity index (χ4n) is 1.41. The first-order chi connectivity index (χ1) is 7.74. The van der Waals surface area contributed by atoms with Crippen LogP contribution in [0.5, 0.6) is 0 Å². The molecule has 0 atom stereocenters. The second-order valence-electron chi connectivity index (χ2n) is 3.16. The molecule has 1 N–H and O–H groups in total. The Balaban J connectivity index is 2.66. The summed E-state index contributed by atoms with van der Waals surface area (Å²) in [6.07, 6.45) is 2.92. The molecule has 0 aliphatic rings. The van der Waals surface area contributed by atoms with Crippen molar-refractivity contribution in [3.8, 4) is 5.82 Å². The highest BCUT2D eigenvalue weighted by Gasteiger charge is 2.08. The standard InChI is InChI=1S/C11H10FN3O/c1-13-9-5-3-7-15(11(9)16)10-8(12)4-2-6-14-10/h2-7,13H,1H3. The number of aromatic nitrogens is 2. The summed E-state index contributed by atoms with van der Waals surface area (Å²) < 4.78 is 14.6. The summed E-state index contributed by atoms with van der Waals surface area (Å²) in [6.45, 7) is 0. The van der Waals surface area contributed by atoms with Crippen molar-refractivity contribution in [2.45, 2.75) is 0 Å². The van der Waals surface area contributed by atoms with Crippen LogP contribution >= 0.6 is 0 Å². The van der Waals surface area contributed by atoms with Crippen LogP contribution in [0.2, 0.25) is 0 Å². The van der Waals surface area contributed by atoms with Crippen LogP contribution in [0.15, 0.2) is 41.5 Å². The number of pyridine rings is 2. The number of nitrogens with one attached hydrogen (secondary N) is 1. The molecule has 0 aliphatic heterocycles. The Kier molecular flexibility index (Phi) is 2.68. The predicted molar refractivity (Wildman–Crippen MR) is 59.3 cm³/mol. The molecule has 0 fully saturated rings. The maximum atomic E-state index is 13.4. The lowest BCUT2D eigenvalue weighted by atomic mass is 10.3. The van der Waals surface area contributed by atoms with Crippen molar-refractivity contribution >= 4 is 5.69 Å². The fraction of sp³-hybridized carbons (Fsp3) is 0.0909. The minimum absolute atomic E-state index is 0.00426. The highest BCUT2D eigenvalue weighted by atomic mass is 19.1. The summed E-state index contributed by atoms with van der Waals surface area (Å²) >= 11 is 0. The lowest BCUT2D eigenvalue weighted by Crippen LogP contribution is -2.21. The molecule has 2 rings (SSSR count). The van der Waals surface area contributed by atoms with Crippen LogP contribution in [0.25, 0.3) is 5.82 Å². The Hall–Kier alpha value is -2.17. The molecule has 0 unspecified atom stereocenters. The first kappa shape index (κ1) is 10.4. The molecule has 0 bridgehead atoms. The van der Waals surface area contributed by atoms with Crippen molar-refractivity contribution in [1.29, 1.82) is 0 Å². The summed E-state index contributed by atoms with van der Waals surface area (Å²) in [5.41, 5.74) is 0.0650. The van der Waals surface area contributed by atoms with E-state index in [1.54, 1.807) is 19.2 Å². The zero-order valence-corrected chi connectivity index (χ0v) is 8.64. The van der Waals surface area contributed by atoms with Crippen LogP contribution in [-0.2, 0) is 0 Å². The van der Waals surface area contributed by atoms with Gasteiger partial charge in [-0.3, -0.25) is 9.36 Å². The average Bonchev–Trinajstić information content (AvgIpc) is 2.31. The van der Waals surface area contributed by atoms with E-state index in [2.05, 4.69) is 10.3 Å². The number of nitrogens with zero attached hydrogens (tertiary/aromatic N) is 2. The Bertz CT molecular complexity index is 565. The summed E-state index contributed by atoms with van der Waals surface area (Å²) in [7, 11) is 1.63. The normalized spacial score (nSPS) is 10.1. The third-order valence-corrected chi connectivity index (χ3v) is 2.18. The van der Waals surface area contributed by atoms with Crippen molar-refractivity contribution < 1.29 is 4.39 Å². The zero-order valence-electron chi connectivity index (χ0n) is 8.64. The highest BCUT2D eigenvalue weighted by Crippen LogP contribution is 2.08. The molecular weight excluding hydrogens is 209 g/mol. The van der Waals surface area contributed by atoms with E-state index in [0.717, 1.165) is 0 Å². The third kappa shape index (κ3) is 1.67. The maximum absolute atomic E-state index is 13.4. The molecule has 0 radical (unpaired) electrons. The predicted octanol–water partition coefficient (Wildman–Crippen LogP) is 1.41. The third-order valence-electron chi connectivity index (χ3n) is 2.18. The van der Waals surface area contributed by atoms with Gasteiger partial charge >= 0.3 is 0 Å².